The van der Waals surface area contributed by atoms with E-state index in [0.29, 0.717) is 26.3 Å². The van der Waals surface area contributed by atoms with Gasteiger partial charge in [-0.1, -0.05) is 31.9 Å². The Balaban J connectivity index is 2.43. The van der Waals surface area contributed by atoms with Crippen molar-refractivity contribution in [1.82, 2.24) is 4.90 Å². The molecule has 1 aliphatic rings. The SMILES string of the molecule is CCCCC/C=C\CC(=O)OC(CN1CCOCC1)CS(=O)(=O)[O-]. The van der Waals surface area contributed by atoms with Crippen molar-refractivity contribution >= 4 is 16.1 Å². The van der Waals surface area contributed by atoms with Gasteiger partial charge in [0, 0.05) is 19.6 Å². The number of allylic oxidation sites excluding steroid dienone is 1. The average molecular weight is 362 g/mol. The molecular formula is C16H28NO6S-. The van der Waals surface area contributed by atoms with Gasteiger partial charge in [-0.3, -0.25) is 9.69 Å². The van der Waals surface area contributed by atoms with Crippen molar-refractivity contribution in [3.63, 3.8) is 0 Å². The van der Waals surface area contributed by atoms with Crippen LogP contribution in [-0.2, 0) is 24.4 Å². The maximum Gasteiger partial charge on any atom is 0.309 e. The lowest BCUT2D eigenvalue weighted by atomic mass is 10.2. The van der Waals surface area contributed by atoms with Crippen LogP contribution in [0.1, 0.15) is 39.0 Å². The van der Waals surface area contributed by atoms with E-state index in [1.54, 1.807) is 6.08 Å². The van der Waals surface area contributed by atoms with Crippen LogP contribution in [0.2, 0.25) is 0 Å². The number of ether oxygens (including phenoxy) is 2. The number of carbonyl (C=O) groups excluding carboxylic acids is 1. The summed E-state index contributed by atoms with van der Waals surface area (Å²) in [6.07, 6.45) is 7.09. The summed E-state index contributed by atoms with van der Waals surface area (Å²) in [5, 5.41) is 0. The van der Waals surface area contributed by atoms with E-state index in [1.807, 2.05) is 11.0 Å². The molecule has 1 heterocycles. The first kappa shape index (κ1) is 21.1. The summed E-state index contributed by atoms with van der Waals surface area (Å²) in [6, 6.07) is 0. The van der Waals surface area contributed by atoms with Gasteiger partial charge < -0.3 is 14.0 Å². The fourth-order valence-corrected chi connectivity index (χ4v) is 3.10. The zero-order valence-corrected chi connectivity index (χ0v) is 15.1. The van der Waals surface area contributed by atoms with E-state index in [4.69, 9.17) is 9.47 Å². The topological polar surface area (TPSA) is 96.0 Å². The molecule has 1 fully saturated rings. The van der Waals surface area contributed by atoms with Crippen LogP contribution in [0.25, 0.3) is 0 Å². The van der Waals surface area contributed by atoms with Crippen LogP contribution in [0, 0.1) is 0 Å². The molecule has 0 amide bonds. The Morgan fingerprint density at radius 3 is 2.62 bits per heavy atom. The smallest absolute Gasteiger partial charge is 0.309 e. The number of morpholine rings is 1. The minimum atomic E-state index is -4.46. The van der Waals surface area contributed by atoms with Crippen molar-refractivity contribution < 1.29 is 27.2 Å². The van der Waals surface area contributed by atoms with Gasteiger partial charge in [-0.05, 0) is 12.8 Å². The quantitative estimate of drug-likeness (QED) is 0.236. The highest BCUT2D eigenvalue weighted by Crippen LogP contribution is 2.07. The number of hydrogen-bond acceptors (Lipinski definition) is 7. The summed E-state index contributed by atoms with van der Waals surface area (Å²) in [4.78, 5) is 13.8. The molecule has 1 atom stereocenters. The number of hydrogen-bond donors (Lipinski definition) is 0. The van der Waals surface area contributed by atoms with Crippen molar-refractivity contribution in [2.24, 2.45) is 0 Å². The van der Waals surface area contributed by atoms with E-state index >= 15 is 0 Å². The van der Waals surface area contributed by atoms with Crippen molar-refractivity contribution in [1.29, 1.82) is 0 Å². The van der Waals surface area contributed by atoms with Crippen LogP contribution >= 0.6 is 0 Å². The minimum Gasteiger partial charge on any atom is -0.748 e. The molecule has 0 aliphatic carbocycles. The highest BCUT2D eigenvalue weighted by molar-refractivity contribution is 7.85. The normalized spacial score (nSPS) is 17.9. The van der Waals surface area contributed by atoms with Gasteiger partial charge in [0.2, 0.25) is 0 Å². The monoisotopic (exact) mass is 362 g/mol. The van der Waals surface area contributed by atoms with Crippen molar-refractivity contribution in [3.8, 4) is 0 Å². The highest BCUT2D eigenvalue weighted by atomic mass is 32.2. The van der Waals surface area contributed by atoms with Gasteiger partial charge in [0.25, 0.3) is 0 Å². The van der Waals surface area contributed by atoms with Gasteiger partial charge in [-0.2, -0.15) is 0 Å². The van der Waals surface area contributed by atoms with E-state index < -0.39 is 27.9 Å². The summed E-state index contributed by atoms with van der Waals surface area (Å²) >= 11 is 0. The van der Waals surface area contributed by atoms with Crippen LogP contribution in [0.15, 0.2) is 12.2 Å². The number of carbonyl (C=O) groups is 1. The van der Waals surface area contributed by atoms with Gasteiger partial charge in [0.05, 0.1) is 35.5 Å². The van der Waals surface area contributed by atoms with Crippen molar-refractivity contribution in [3.05, 3.63) is 12.2 Å². The predicted molar refractivity (Wildman–Crippen MR) is 89.6 cm³/mol. The lowest BCUT2D eigenvalue weighted by molar-refractivity contribution is -0.148. The molecule has 0 saturated carbocycles. The molecule has 8 heteroatoms. The first-order valence-electron chi connectivity index (χ1n) is 8.49. The van der Waals surface area contributed by atoms with Gasteiger partial charge >= 0.3 is 5.97 Å². The maximum atomic E-state index is 11.9. The summed E-state index contributed by atoms with van der Waals surface area (Å²) in [7, 11) is -4.46. The van der Waals surface area contributed by atoms with E-state index in [1.165, 1.54) is 0 Å². The molecule has 1 saturated heterocycles. The fraction of sp³-hybridized carbons (Fsp3) is 0.812. The van der Waals surface area contributed by atoms with Gasteiger partial charge in [-0.15, -0.1) is 0 Å². The second kappa shape index (κ2) is 11.6. The summed E-state index contributed by atoms with van der Waals surface area (Å²) in [6.45, 7) is 4.71. The second-order valence-electron chi connectivity index (χ2n) is 5.92. The Labute approximate surface area is 144 Å². The standard InChI is InChI=1S/C16H29NO6S/c1-2-3-4-5-6-7-8-16(18)23-15(14-24(19,20)21)13-17-9-11-22-12-10-17/h6-7,15H,2-5,8-14H2,1H3,(H,19,20,21)/p-1/b7-6-. The first-order valence-corrected chi connectivity index (χ1v) is 10.1. The van der Waals surface area contributed by atoms with Crippen LogP contribution in [0.3, 0.4) is 0 Å². The molecule has 1 unspecified atom stereocenters. The Morgan fingerprint density at radius 2 is 2.00 bits per heavy atom. The molecule has 0 aromatic rings. The molecule has 0 spiro atoms. The van der Waals surface area contributed by atoms with E-state index in [2.05, 4.69) is 6.92 Å². The molecule has 0 aromatic heterocycles. The van der Waals surface area contributed by atoms with Crippen molar-refractivity contribution in [2.45, 2.75) is 45.1 Å². The Morgan fingerprint density at radius 1 is 1.29 bits per heavy atom. The average Bonchev–Trinajstić information content (AvgIpc) is 2.50. The molecule has 0 N–H and O–H groups in total. The number of unbranched alkanes of at least 4 members (excludes halogenated alkanes) is 3. The van der Waals surface area contributed by atoms with Crippen LogP contribution in [0.4, 0.5) is 0 Å². The first-order chi connectivity index (χ1) is 11.4. The van der Waals surface area contributed by atoms with E-state index in [-0.39, 0.29) is 13.0 Å². The summed E-state index contributed by atoms with van der Waals surface area (Å²) < 4.78 is 43.5. The molecule has 7 nitrogen and oxygen atoms in total. The van der Waals surface area contributed by atoms with Gasteiger partial charge in [0.15, 0.2) is 0 Å². The molecule has 140 valence electrons. The fourth-order valence-electron chi connectivity index (χ4n) is 2.47. The lowest BCUT2D eigenvalue weighted by Gasteiger charge is -2.30. The van der Waals surface area contributed by atoms with Crippen LogP contribution in [-0.4, -0.2) is 68.5 Å². The molecule has 0 radical (unpaired) electrons. The summed E-state index contributed by atoms with van der Waals surface area (Å²) in [5.74, 6) is -1.21. The third-order valence-electron chi connectivity index (χ3n) is 3.68. The molecule has 1 rings (SSSR count). The van der Waals surface area contributed by atoms with Crippen LogP contribution in [0.5, 0.6) is 0 Å². The zero-order chi connectivity index (χ0) is 17.8. The van der Waals surface area contributed by atoms with E-state index in [0.717, 1.165) is 25.7 Å². The number of esters is 1. The highest BCUT2D eigenvalue weighted by Gasteiger charge is 2.22. The largest absolute Gasteiger partial charge is 0.748 e. The maximum absolute atomic E-state index is 11.9. The predicted octanol–water partition coefficient (Wildman–Crippen LogP) is 1.30. The van der Waals surface area contributed by atoms with Gasteiger partial charge in [0.1, 0.15) is 6.10 Å². The zero-order valence-electron chi connectivity index (χ0n) is 14.3. The van der Waals surface area contributed by atoms with Crippen LogP contribution < -0.4 is 0 Å². The van der Waals surface area contributed by atoms with E-state index in [9.17, 15) is 17.8 Å². The Bertz CT molecular complexity index is 485. The molecule has 0 bridgehead atoms. The third-order valence-corrected chi connectivity index (χ3v) is 4.46. The lowest BCUT2D eigenvalue weighted by Crippen LogP contribution is -2.44. The molecular weight excluding hydrogens is 334 g/mol. The third kappa shape index (κ3) is 10.7. The second-order valence-corrected chi connectivity index (χ2v) is 7.37. The molecule has 1 aliphatic heterocycles. The van der Waals surface area contributed by atoms with Gasteiger partial charge in [-0.25, -0.2) is 8.42 Å². The molecule has 0 aromatic carbocycles. The van der Waals surface area contributed by atoms with Crippen molar-refractivity contribution in [2.75, 3.05) is 38.6 Å². The Kier molecular flexibility index (Phi) is 10.2. The Hall–Kier alpha value is -0.960. The summed E-state index contributed by atoms with van der Waals surface area (Å²) in [5.41, 5.74) is 0. The number of nitrogens with zero attached hydrogens (tertiary/aromatic N) is 1. The number of rotatable bonds is 11. The molecule has 24 heavy (non-hydrogen) atoms. The minimum absolute atomic E-state index is 0.0879.